The first-order valence-electron chi connectivity index (χ1n) is 6.66. The minimum atomic E-state index is 0.120. The molecule has 0 saturated carbocycles. The quantitative estimate of drug-likeness (QED) is 0.726. The van der Waals surface area contributed by atoms with Crippen LogP contribution in [0.2, 0.25) is 0 Å². The number of nitrogen functional groups attached to an aromatic ring is 1. The third-order valence-electron chi connectivity index (χ3n) is 3.78. The number of hydrogen-bond acceptors (Lipinski definition) is 4. The lowest BCUT2D eigenvalue weighted by molar-refractivity contribution is 0.391. The smallest absolute Gasteiger partial charge is 0.139 e. The predicted octanol–water partition coefficient (Wildman–Crippen LogP) is 3.14. The summed E-state index contributed by atoms with van der Waals surface area (Å²) in [5.41, 5.74) is 10.6. The van der Waals surface area contributed by atoms with Crippen molar-refractivity contribution in [3.63, 3.8) is 0 Å². The van der Waals surface area contributed by atoms with Crippen molar-refractivity contribution < 1.29 is 4.52 Å². The Bertz CT molecular complexity index is 765. The van der Waals surface area contributed by atoms with Crippen LogP contribution in [0.3, 0.4) is 0 Å². The Balaban J connectivity index is 2.22. The molecule has 20 heavy (non-hydrogen) atoms. The maximum atomic E-state index is 5.83. The number of imidazole rings is 1. The van der Waals surface area contributed by atoms with E-state index in [0.29, 0.717) is 0 Å². The fourth-order valence-corrected chi connectivity index (χ4v) is 2.94. The Hall–Kier alpha value is -2.30. The van der Waals surface area contributed by atoms with Gasteiger partial charge in [0.15, 0.2) is 0 Å². The second-order valence-electron chi connectivity index (χ2n) is 5.19. The topological polar surface area (TPSA) is 69.9 Å². The molecule has 104 valence electrons. The predicted molar refractivity (Wildman–Crippen MR) is 78.7 cm³/mol. The monoisotopic (exact) mass is 270 g/mol. The summed E-state index contributed by atoms with van der Waals surface area (Å²) in [5, 5.41) is 4.04. The highest BCUT2D eigenvalue weighted by atomic mass is 16.5. The number of hydrogen-bond donors (Lipinski definition) is 1. The summed E-state index contributed by atoms with van der Waals surface area (Å²) in [4.78, 5) is 4.60. The van der Waals surface area contributed by atoms with Gasteiger partial charge in [-0.15, -0.1) is 0 Å². The molecule has 1 aromatic carbocycles. The van der Waals surface area contributed by atoms with E-state index in [0.717, 1.165) is 39.6 Å². The molecular formula is C15H18N4O. The third kappa shape index (κ3) is 1.78. The van der Waals surface area contributed by atoms with Crippen molar-refractivity contribution in [3.8, 4) is 0 Å². The lowest BCUT2D eigenvalue weighted by Crippen LogP contribution is -2.10. The highest BCUT2D eigenvalue weighted by molar-refractivity contribution is 5.80. The summed E-state index contributed by atoms with van der Waals surface area (Å²) >= 11 is 0. The molecule has 0 aliphatic heterocycles. The molecule has 2 N–H and O–H groups in total. The molecule has 0 aliphatic carbocycles. The first-order chi connectivity index (χ1) is 9.49. The number of rotatable bonds is 2. The van der Waals surface area contributed by atoms with Crippen LogP contribution in [-0.4, -0.2) is 14.7 Å². The van der Waals surface area contributed by atoms with E-state index in [-0.39, 0.29) is 6.04 Å². The number of anilines is 1. The number of aryl methyl sites for hydroxylation is 3. The van der Waals surface area contributed by atoms with Crippen LogP contribution < -0.4 is 5.73 Å². The van der Waals surface area contributed by atoms with Gasteiger partial charge in [-0.05, 0) is 45.9 Å². The van der Waals surface area contributed by atoms with Crippen LogP contribution in [-0.2, 0) is 0 Å². The van der Waals surface area contributed by atoms with Crippen LogP contribution >= 0.6 is 0 Å². The second kappa shape index (κ2) is 4.37. The van der Waals surface area contributed by atoms with Crippen LogP contribution in [0.1, 0.15) is 35.8 Å². The van der Waals surface area contributed by atoms with Gasteiger partial charge in [0, 0.05) is 11.3 Å². The van der Waals surface area contributed by atoms with Gasteiger partial charge in [-0.2, -0.15) is 0 Å². The van der Waals surface area contributed by atoms with E-state index in [1.807, 2.05) is 39.0 Å². The zero-order valence-electron chi connectivity index (χ0n) is 12.1. The molecule has 2 heterocycles. The summed E-state index contributed by atoms with van der Waals surface area (Å²) < 4.78 is 7.48. The molecule has 2 aromatic heterocycles. The summed E-state index contributed by atoms with van der Waals surface area (Å²) in [6.45, 7) is 8.05. The molecule has 0 amide bonds. The SMILES string of the molecule is Cc1noc(C)c1C(C)n1c(C)nc2cc(N)ccc21. The fraction of sp³-hybridized carbons (Fsp3) is 0.333. The minimum absolute atomic E-state index is 0.120. The van der Waals surface area contributed by atoms with E-state index in [2.05, 4.69) is 21.6 Å². The van der Waals surface area contributed by atoms with Crippen molar-refractivity contribution in [3.05, 3.63) is 41.0 Å². The van der Waals surface area contributed by atoms with Gasteiger partial charge >= 0.3 is 0 Å². The van der Waals surface area contributed by atoms with E-state index in [4.69, 9.17) is 10.3 Å². The Labute approximate surface area is 117 Å². The summed E-state index contributed by atoms with van der Waals surface area (Å²) in [6, 6.07) is 5.94. The molecular weight excluding hydrogens is 252 g/mol. The third-order valence-corrected chi connectivity index (χ3v) is 3.78. The van der Waals surface area contributed by atoms with Crippen molar-refractivity contribution in [1.29, 1.82) is 0 Å². The van der Waals surface area contributed by atoms with Crippen molar-refractivity contribution >= 4 is 16.7 Å². The van der Waals surface area contributed by atoms with Crippen molar-refractivity contribution in [2.75, 3.05) is 5.73 Å². The van der Waals surface area contributed by atoms with Crippen molar-refractivity contribution in [2.24, 2.45) is 0 Å². The van der Waals surface area contributed by atoms with Crippen molar-refractivity contribution in [2.45, 2.75) is 33.7 Å². The molecule has 5 nitrogen and oxygen atoms in total. The van der Waals surface area contributed by atoms with Crippen molar-refractivity contribution in [1.82, 2.24) is 14.7 Å². The van der Waals surface area contributed by atoms with Crippen LogP contribution in [0.15, 0.2) is 22.7 Å². The molecule has 5 heteroatoms. The normalized spacial score (nSPS) is 13.0. The van der Waals surface area contributed by atoms with Crippen LogP contribution in [0.5, 0.6) is 0 Å². The lowest BCUT2D eigenvalue weighted by atomic mass is 10.1. The van der Waals surface area contributed by atoms with E-state index < -0.39 is 0 Å². The highest BCUT2D eigenvalue weighted by Crippen LogP contribution is 2.30. The molecule has 0 radical (unpaired) electrons. The molecule has 1 atom stereocenters. The van der Waals surface area contributed by atoms with Crippen LogP contribution in [0, 0.1) is 20.8 Å². The number of aromatic nitrogens is 3. The van der Waals surface area contributed by atoms with Gasteiger partial charge in [0.2, 0.25) is 0 Å². The summed E-state index contributed by atoms with van der Waals surface area (Å²) in [6.07, 6.45) is 0. The standard InChI is InChI=1S/C15H18N4O/c1-8-15(10(3)20-18-8)9(2)19-11(4)17-13-7-12(16)5-6-14(13)19/h5-7,9H,16H2,1-4H3. The molecule has 0 fully saturated rings. The van der Waals surface area contributed by atoms with E-state index in [9.17, 15) is 0 Å². The Morgan fingerprint density at radius 1 is 1.25 bits per heavy atom. The summed E-state index contributed by atoms with van der Waals surface area (Å²) in [5.74, 6) is 1.81. The number of benzene rings is 1. The molecule has 3 aromatic rings. The van der Waals surface area contributed by atoms with E-state index in [1.165, 1.54) is 0 Å². The van der Waals surface area contributed by atoms with Gasteiger partial charge in [0.1, 0.15) is 11.6 Å². The first-order valence-corrected chi connectivity index (χ1v) is 6.66. The number of fused-ring (bicyclic) bond motifs is 1. The maximum Gasteiger partial charge on any atom is 0.139 e. The van der Waals surface area contributed by atoms with Gasteiger partial charge in [-0.3, -0.25) is 0 Å². The molecule has 0 aliphatic rings. The Kier molecular flexibility index (Phi) is 2.78. The van der Waals surface area contributed by atoms with Gasteiger partial charge in [-0.25, -0.2) is 4.98 Å². The lowest BCUT2D eigenvalue weighted by Gasteiger charge is -2.16. The average Bonchev–Trinajstić information content (AvgIpc) is 2.88. The molecule has 3 rings (SSSR count). The second-order valence-corrected chi connectivity index (χ2v) is 5.19. The Morgan fingerprint density at radius 2 is 2.00 bits per heavy atom. The van der Waals surface area contributed by atoms with Crippen LogP contribution in [0.4, 0.5) is 5.69 Å². The highest BCUT2D eigenvalue weighted by Gasteiger charge is 2.21. The molecule has 0 saturated heterocycles. The van der Waals surface area contributed by atoms with Gasteiger partial charge in [0.25, 0.3) is 0 Å². The first kappa shape index (κ1) is 12.7. The van der Waals surface area contributed by atoms with Crippen LogP contribution in [0.25, 0.3) is 11.0 Å². The zero-order chi connectivity index (χ0) is 14.4. The number of nitrogens with zero attached hydrogens (tertiary/aromatic N) is 3. The Morgan fingerprint density at radius 3 is 2.65 bits per heavy atom. The fourth-order valence-electron chi connectivity index (χ4n) is 2.94. The molecule has 1 unspecified atom stereocenters. The number of nitrogens with two attached hydrogens (primary N) is 1. The summed E-state index contributed by atoms with van der Waals surface area (Å²) in [7, 11) is 0. The van der Waals surface area contributed by atoms with Gasteiger partial charge in [-0.1, -0.05) is 5.16 Å². The van der Waals surface area contributed by atoms with E-state index >= 15 is 0 Å². The van der Waals surface area contributed by atoms with E-state index in [1.54, 1.807) is 0 Å². The zero-order valence-corrected chi connectivity index (χ0v) is 12.1. The minimum Gasteiger partial charge on any atom is -0.399 e. The largest absolute Gasteiger partial charge is 0.399 e. The molecule has 0 spiro atoms. The van der Waals surface area contributed by atoms with Gasteiger partial charge < -0.3 is 14.8 Å². The average molecular weight is 270 g/mol. The van der Waals surface area contributed by atoms with Gasteiger partial charge in [0.05, 0.1) is 22.8 Å². The maximum absolute atomic E-state index is 5.83. The molecule has 0 bridgehead atoms.